The molecule has 7 nitrogen and oxygen atoms in total. The van der Waals surface area contributed by atoms with Gasteiger partial charge in [0.25, 0.3) is 5.91 Å². The first-order valence-corrected chi connectivity index (χ1v) is 8.59. The second-order valence-corrected chi connectivity index (χ2v) is 6.01. The van der Waals surface area contributed by atoms with Crippen molar-refractivity contribution in [3.05, 3.63) is 83.7 Å². The highest BCUT2D eigenvalue weighted by Gasteiger charge is 2.13. The molecule has 0 aliphatic rings. The van der Waals surface area contributed by atoms with Crippen LogP contribution in [-0.2, 0) is 6.61 Å². The Morgan fingerprint density at radius 3 is 2.50 bits per heavy atom. The van der Waals surface area contributed by atoms with E-state index in [0.717, 1.165) is 11.3 Å². The maximum atomic E-state index is 12.5. The highest BCUT2D eigenvalue weighted by molar-refractivity contribution is 6.33. The average molecular weight is 378 g/mol. The summed E-state index contributed by atoms with van der Waals surface area (Å²) in [6.45, 7) is 2.17. The Morgan fingerprint density at radius 2 is 1.82 bits per heavy atom. The Morgan fingerprint density at radius 1 is 1.07 bits per heavy atom. The number of aromatic nitrogens is 1. The minimum atomic E-state index is -1.93. The number of amides is 1. The molecular formula is C20H19BN2O5. The fourth-order valence-electron chi connectivity index (χ4n) is 2.47. The van der Waals surface area contributed by atoms with Gasteiger partial charge in [-0.25, -0.2) is 0 Å². The van der Waals surface area contributed by atoms with Gasteiger partial charge in [-0.05, 0) is 55.0 Å². The summed E-state index contributed by atoms with van der Waals surface area (Å²) in [5.41, 5.74) is 2.59. The summed E-state index contributed by atoms with van der Waals surface area (Å²) in [4.78, 5) is 16.7. The summed E-state index contributed by atoms with van der Waals surface area (Å²) in [5, 5.41) is 20.6. The van der Waals surface area contributed by atoms with Crippen molar-refractivity contribution in [2.45, 2.75) is 13.5 Å². The molecule has 0 aliphatic carbocycles. The molecule has 0 saturated heterocycles. The first-order chi connectivity index (χ1) is 13.5. The van der Waals surface area contributed by atoms with E-state index in [1.165, 1.54) is 6.07 Å². The Balaban J connectivity index is 1.63. The largest absolute Gasteiger partial charge is 0.707 e. The van der Waals surface area contributed by atoms with Crippen molar-refractivity contribution >= 4 is 18.9 Å². The highest BCUT2D eigenvalue weighted by Crippen LogP contribution is 2.23. The minimum absolute atomic E-state index is 0.231. The topological polar surface area (TPSA) is 101 Å². The number of hydrogen-bond donors (Lipinski definition) is 3. The second-order valence-electron chi connectivity index (χ2n) is 6.01. The molecule has 0 fully saturated rings. The number of hydrogen-bond acceptors (Lipinski definition) is 6. The van der Waals surface area contributed by atoms with Gasteiger partial charge in [0.15, 0.2) is 0 Å². The van der Waals surface area contributed by atoms with E-state index in [1.807, 2.05) is 25.1 Å². The lowest BCUT2D eigenvalue weighted by atomic mass is 10.1. The molecule has 0 atom stereocenters. The van der Waals surface area contributed by atoms with Gasteiger partial charge in [-0.3, -0.25) is 9.78 Å². The lowest BCUT2D eigenvalue weighted by molar-refractivity contribution is 0.102. The molecule has 0 saturated carbocycles. The van der Waals surface area contributed by atoms with E-state index >= 15 is 0 Å². The van der Waals surface area contributed by atoms with Gasteiger partial charge in [-0.1, -0.05) is 12.1 Å². The second kappa shape index (κ2) is 9.03. The molecule has 28 heavy (non-hydrogen) atoms. The van der Waals surface area contributed by atoms with E-state index in [4.69, 9.17) is 19.4 Å². The smallest absolute Gasteiger partial charge is 0.512 e. The number of rotatable bonds is 7. The molecule has 0 spiro atoms. The zero-order chi connectivity index (χ0) is 19.9. The Kier molecular flexibility index (Phi) is 6.26. The van der Waals surface area contributed by atoms with E-state index in [1.54, 1.807) is 42.6 Å². The molecular weight excluding hydrogens is 359 g/mol. The maximum absolute atomic E-state index is 12.5. The van der Waals surface area contributed by atoms with Crippen LogP contribution in [0.1, 0.15) is 21.6 Å². The van der Waals surface area contributed by atoms with Crippen LogP contribution < -0.4 is 14.7 Å². The fourth-order valence-corrected chi connectivity index (χ4v) is 2.47. The highest BCUT2D eigenvalue weighted by atomic mass is 16.6. The molecule has 3 rings (SSSR count). The monoisotopic (exact) mass is 378 g/mol. The molecule has 1 amide bonds. The fraction of sp³-hybridized carbons (Fsp3) is 0.100. The molecule has 142 valence electrons. The molecule has 0 aliphatic heterocycles. The van der Waals surface area contributed by atoms with Gasteiger partial charge < -0.3 is 24.8 Å². The third-order valence-electron chi connectivity index (χ3n) is 3.93. The van der Waals surface area contributed by atoms with Crippen LogP contribution in [0.3, 0.4) is 0 Å². The van der Waals surface area contributed by atoms with Crippen molar-refractivity contribution in [1.82, 2.24) is 4.98 Å². The summed E-state index contributed by atoms with van der Waals surface area (Å²) in [6.07, 6.45) is 1.70. The van der Waals surface area contributed by atoms with Gasteiger partial charge in [0.05, 0.1) is 5.69 Å². The van der Waals surface area contributed by atoms with Crippen LogP contribution in [0.5, 0.6) is 11.5 Å². The zero-order valence-electron chi connectivity index (χ0n) is 15.2. The van der Waals surface area contributed by atoms with Gasteiger partial charge in [0.2, 0.25) is 0 Å². The van der Waals surface area contributed by atoms with Crippen molar-refractivity contribution in [1.29, 1.82) is 0 Å². The van der Waals surface area contributed by atoms with Crippen LogP contribution in [-0.4, -0.2) is 28.3 Å². The van der Waals surface area contributed by atoms with Crippen LogP contribution in [0.15, 0.2) is 66.9 Å². The van der Waals surface area contributed by atoms with Crippen molar-refractivity contribution in [2.24, 2.45) is 0 Å². The molecule has 8 heteroatoms. The minimum Gasteiger partial charge on any atom is -0.512 e. The summed E-state index contributed by atoms with van der Waals surface area (Å²) in [6, 6.07) is 17.2. The van der Waals surface area contributed by atoms with E-state index in [9.17, 15) is 4.79 Å². The molecule has 1 heterocycles. The van der Waals surface area contributed by atoms with Crippen LogP contribution >= 0.6 is 0 Å². The first-order valence-electron chi connectivity index (χ1n) is 8.59. The lowest BCUT2D eigenvalue weighted by Crippen LogP contribution is -2.20. The number of nitrogens with one attached hydrogen (secondary N) is 1. The number of aryl methyl sites for hydroxylation is 1. The van der Waals surface area contributed by atoms with Gasteiger partial charge in [-0.2, -0.15) is 0 Å². The third kappa shape index (κ3) is 5.32. The van der Waals surface area contributed by atoms with E-state index in [0.29, 0.717) is 23.6 Å². The number of nitrogens with zero attached hydrogens (tertiary/aromatic N) is 1. The van der Waals surface area contributed by atoms with Crippen LogP contribution in [0.2, 0.25) is 0 Å². The summed E-state index contributed by atoms with van der Waals surface area (Å²) < 4.78 is 10.5. The maximum Gasteiger partial charge on any atom is 0.707 e. The quantitative estimate of drug-likeness (QED) is 0.547. The number of anilines is 1. The van der Waals surface area contributed by atoms with Gasteiger partial charge >= 0.3 is 7.32 Å². The molecule has 0 unspecified atom stereocenters. The van der Waals surface area contributed by atoms with Gasteiger partial charge in [-0.15, -0.1) is 0 Å². The molecule has 1 aromatic heterocycles. The number of carbonyl (C=O) groups excluding carboxylic acids is 1. The summed E-state index contributed by atoms with van der Waals surface area (Å²) in [7, 11) is -1.93. The van der Waals surface area contributed by atoms with Gasteiger partial charge in [0, 0.05) is 23.5 Å². The Labute approximate surface area is 162 Å². The van der Waals surface area contributed by atoms with E-state index in [-0.39, 0.29) is 11.7 Å². The van der Waals surface area contributed by atoms with Crippen LogP contribution in [0.25, 0.3) is 0 Å². The first kappa shape index (κ1) is 19.4. The molecule has 3 aromatic rings. The summed E-state index contributed by atoms with van der Waals surface area (Å²) in [5.74, 6) is 0.556. The summed E-state index contributed by atoms with van der Waals surface area (Å²) >= 11 is 0. The Hall–Kier alpha value is -3.36. The van der Waals surface area contributed by atoms with Crippen molar-refractivity contribution in [2.75, 3.05) is 5.32 Å². The molecule has 3 N–H and O–H groups in total. The third-order valence-corrected chi connectivity index (χ3v) is 3.93. The zero-order valence-corrected chi connectivity index (χ0v) is 15.2. The number of pyridine rings is 1. The molecule has 0 bridgehead atoms. The molecule has 0 radical (unpaired) electrons. The van der Waals surface area contributed by atoms with Gasteiger partial charge in [0.1, 0.15) is 18.1 Å². The van der Waals surface area contributed by atoms with E-state index < -0.39 is 7.32 Å². The Bertz CT molecular complexity index is 933. The number of ether oxygens (including phenoxy) is 1. The predicted molar refractivity (Wildman–Crippen MR) is 105 cm³/mol. The van der Waals surface area contributed by atoms with Crippen molar-refractivity contribution in [3.63, 3.8) is 0 Å². The average Bonchev–Trinajstić information content (AvgIpc) is 2.69. The van der Waals surface area contributed by atoms with Crippen LogP contribution in [0.4, 0.5) is 5.69 Å². The number of carbonyl (C=O) groups is 1. The van der Waals surface area contributed by atoms with Crippen LogP contribution in [0, 0.1) is 6.92 Å². The SMILES string of the molecule is Cc1ccc(OB(O)O)cc1NC(=O)c1ccc(OCc2ccccn2)cc1. The lowest BCUT2D eigenvalue weighted by Gasteiger charge is -2.12. The van der Waals surface area contributed by atoms with E-state index in [2.05, 4.69) is 10.3 Å². The normalized spacial score (nSPS) is 10.2. The van der Waals surface area contributed by atoms with Crippen molar-refractivity contribution in [3.8, 4) is 11.5 Å². The predicted octanol–water partition coefficient (Wildman–Crippen LogP) is 2.57. The number of benzene rings is 2. The van der Waals surface area contributed by atoms with Crippen molar-refractivity contribution < 1.29 is 24.2 Å². The molecule has 2 aromatic carbocycles. The standard InChI is InChI=1S/C20H19BN2O5/c1-14-5-8-18(28-21(25)26)12-19(14)23-20(24)15-6-9-17(10-7-15)27-13-16-4-2-3-11-22-16/h2-12,25-26H,13H2,1H3,(H,23,24).